The van der Waals surface area contributed by atoms with Gasteiger partial charge in [-0.2, -0.15) is 0 Å². The van der Waals surface area contributed by atoms with Crippen LogP contribution in [0.25, 0.3) is 0 Å². The molecule has 3 aromatic rings. The second kappa shape index (κ2) is 9.81. The molecule has 0 spiro atoms. The molecule has 1 heterocycles. The maximum absolute atomic E-state index is 12.4. The first kappa shape index (κ1) is 20.5. The predicted molar refractivity (Wildman–Crippen MR) is 108 cm³/mol. The molecule has 2 N–H and O–H groups in total. The molecule has 0 fully saturated rings. The van der Waals surface area contributed by atoms with Crippen molar-refractivity contribution in [3.8, 4) is 5.75 Å². The molecule has 0 atom stereocenters. The monoisotopic (exact) mass is 411 g/mol. The average Bonchev–Trinajstić information content (AvgIpc) is 2.77. The summed E-state index contributed by atoms with van der Waals surface area (Å²) in [5.41, 5.74) is 1.62. The minimum Gasteiger partial charge on any atom is -0.484 e. The summed E-state index contributed by atoms with van der Waals surface area (Å²) in [7, 11) is -3.64. The van der Waals surface area contributed by atoms with Crippen LogP contribution in [0.5, 0.6) is 5.75 Å². The molecule has 0 aliphatic carbocycles. The number of nitrogens with one attached hydrogen (secondary N) is 2. The maximum atomic E-state index is 12.4. The molecule has 150 valence electrons. The fourth-order valence-electron chi connectivity index (χ4n) is 2.46. The summed E-state index contributed by atoms with van der Waals surface area (Å²) in [5, 5.41) is 2.70. The van der Waals surface area contributed by atoms with Crippen molar-refractivity contribution in [2.24, 2.45) is 0 Å². The number of hydrogen-bond donors (Lipinski definition) is 2. The summed E-state index contributed by atoms with van der Waals surface area (Å²) in [6, 6.07) is 20.6. The summed E-state index contributed by atoms with van der Waals surface area (Å²) in [6.07, 6.45) is 1.66. The van der Waals surface area contributed by atoms with Crippen LogP contribution >= 0.6 is 0 Å². The van der Waals surface area contributed by atoms with E-state index in [2.05, 4.69) is 15.0 Å². The number of sulfonamides is 1. The van der Waals surface area contributed by atoms with Crippen LogP contribution in [0.3, 0.4) is 0 Å². The van der Waals surface area contributed by atoms with E-state index in [0.29, 0.717) is 12.3 Å². The molecule has 7 nitrogen and oxygen atoms in total. The van der Waals surface area contributed by atoms with E-state index in [1.807, 2.05) is 42.5 Å². The first-order valence-corrected chi connectivity index (χ1v) is 10.4. The summed E-state index contributed by atoms with van der Waals surface area (Å²) < 4.78 is 32.7. The normalized spacial score (nSPS) is 11.0. The summed E-state index contributed by atoms with van der Waals surface area (Å²) in [4.78, 5) is 16.1. The topological polar surface area (TPSA) is 97.4 Å². The number of amides is 1. The molecule has 1 aromatic heterocycles. The van der Waals surface area contributed by atoms with Crippen molar-refractivity contribution >= 4 is 15.9 Å². The van der Waals surface area contributed by atoms with Gasteiger partial charge in [0.25, 0.3) is 5.91 Å². The molecule has 0 aliphatic rings. The van der Waals surface area contributed by atoms with Gasteiger partial charge in [0.15, 0.2) is 6.61 Å². The van der Waals surface area contributed by atoms with Crippen LogP contribution in [0.15, 0.2) is 83.9 Å². The van der Waals surface area contributed by atoms with E-state index in [-0.39, 0.29) is 24.0 Å². The summed E-state index contributed by atoms with van der Waals surface area (Å²) >= 11 is 0. The Morgan fingerprint density at radius 3 is 2.31 bits per heavy atom. The van der Waals surface area contributed by atoms with Crippen molar-refractivity contribution in [3.63, 3.8) is 0 Å². The highest BCUT2D eigenvalue weighted by atomic mass is 32.2. The second-order valence-electron chi connectivity index (χ2n) is 6.17. The number of benzene rings is 2. The first-order chi connectivity index (χ1) is 14.0. The smallest absolute Gasteiger partial charge is 0.258 e. The van der Waals surface area contributed by atoms with Crippen molar-refractivity contribution in [2.75, 3.05) is 6.61 Å². The highest BCUT2D eigenvalue weighted by Crippen LogP contribution is 2.16. The number of nitrogens with zero attached hydrogens (tertiary/aromatic N) is 1. The van der Waals surface area contributed by atoms with Crippen molar-refractivity contribution in [1.29, 1.82) is 0 Å². The quantitative estimate of drug-likeness (QED) is 0.563. The highest BCUT2D eigenvalue weighted by Gasteiger charge is 2.14. The van der Waals surface area contributed by atoms with Crippen LogP contribution < -0.4 is 14.8 Å². The number of pyridine rings is 1. The Kier molecular flexibility index (Phi) is 6.94. The molecule has 1 amide bonds. The largest absolute Gasteiger partial charge is 0.484 e. The van der Waals surface area contributed by atoms with Crippen LogP contribution in [-0.2, 0) is 27.9 Å². The van der Waals surface area contributed by atoms with Crippen molar-refractivity contribution in [3.05, 3.63) is 90.3 Å². The third kappa shape index (κ3) is 6.41. The first-order valence-electron chi connectivity index (χ1n) is 8.96. The fourth-order valence-corrected chi connectivity index (χ4v) is 3.48. The van der Waals surface area contributed by atoms with Crippen LogP contribution in [0.1, 0.15) is 11.3 Å². The zero-order chi connectivity index (χ0) is 20.5. The molecular formula is C21H21N3O4S. The zero-order valence-corrected chi connectivity index (χ0v) is 16.4. The third-order valence-corrected chi connectivity index (χ3v) is 5.42. The lowest BCUT2D eigenvalue weighted by Crippen LogP contribution is -2.28. The van der Waals surface area contributed by atoms with E-state index < -0.39 is 10.0 Å². The number of ether oxygens (including phenoxy) is 1. The van der Waals surface area contributed by atoms with Gasteiger partial charge < -0.3 is 10.1 Å². The molecule has 0 saturated heterocycles. The number of carbonyl (C=O) groups excluding carboxylic acids is 1. The van der Waals surface area contributed by atoms with Crippen LogP contribution in [0.2, 0.25) is 0 Å². The number of aromatic nitrogens is 1. The average molecular weight is 411 g/mol. The van der Waals surface area contributed by atoms with Gasteiger partial charge in [0.2, 0.25) is 10.0 Å². The van der Waals surface area contributed by atoms with Crippen molar-refractivity contribution in [2.45, 2.75) is 18.0 Å². The van der Waals surface area contributed by atoms with Crippen LogP contribution in [0.4, 0.5) is 0 Å². The SMILES string of the molecule is O=C(COc1ccc(S(=O)(=O)NCc2ccccc2)cc1)NCc1ccccn1. The third-order valence-electron chi connectivity index (χ3n) is 4.01. The molecule has 0 aliphatic heterocycles. The van der Waals surface area contributed by atoms with Crippen molar-refractivity contribution < 1.29 is 17.9 Å². The zero-order valence-electron chi connectivity index (χ0n) is 15.6. The molecule has 0 bridgehead atoms. The van der Waals surface area contributed by atoms with Gasteiger partial charge in [0, 0.05) is 12.7 Å². The lowest BCUT2D eigenvalue weighted by Gasteiger charge is -2.09. The molecule has 3 rings (SSSR count). The number of rotatable bonds is 9. The molecule has 29 heavy (non-hydrogen) atoms. The molecule has 8 heteroatoms. The molecule has 0 saturated carbocycles. The van der Waals surface area contributed by atoms with Gasteiger partial charge >= 0.3 is 0 Å². The lowest BCUT2D eigenvalue weighted by atomic mass is 10.2. The fraction of sp³-hybridized carbons (Fsp3) is 0.143. The minimum absolute atomic E-state index is 0.125. The Morgan fingerprint density at radius 2 is 1.62 bits per heavy atom. The Morgan fingerprint density at radius 1 is 0.897 bits per heavy atom. The second-order valence-corrected chi connectivity index (χ2v) is 7.93. The lowest BCUT2D eigenvalue weighted by molar-refractivity contribution is -0.123. The van der Waals surface area contributed by atoms with Gasteiger partial charge in [0.1, 0.15) is 5.75 Å². The van der Waals surface area contributed by atoms with Crippen molar-refractivity contribution in [1.82, 2.24) is 15.0 Å². The van der Waals surface area contributed by atoms with E-state index in [4.69, 9.17) is 4.74 Å². The van der Waals surface area contributed by atoms with E-state index in [1.165, 1.54) is 24.3 Å². The molecule has 2 aromatic carbocycles. The van der Waals surface area contributed by atoms with E-state index in [1.54, 1.807) is 12.3 Å². The van der Waals surface area contributed by atoms with E-state index in [9.17, 15) is 13.2 Å². The Hall–Kier alpha value is -3.23. The standard InChI is InChI=1S/C21H21N3O4S/c25-21(23-15-18-8-4-5-13-22-18)16-28-19-9-11-20(12-10-19)29(26,27)24-14-17-6-2-1-3-7-17/h1-13,24H,14-16H2,(H,23,25). The Bertz CT molecular complexity index is 1020. The van der Waals surface area contributed by atoms with Gasteiger partial charge in [-0.1, -0.05) is 36.4 Å². The van der Waals surface area contributed by atoms with E-state index in [0.717, 1.165) is 11.3 Å². The summed E-state index contributed by atoms with van der Waals surface area (Å²) in [5.74, 6) is 0.108. The van der Waals surface area contributed by atoms with Crippen LogP contribution in [-0.4, -0.2) is 25.9 Å². The van der Waals surface area contributed by atoms with E-state index >= 15 is 0 Å². The molecular weight excluding hydrogens is 390 g/mol. The van der Waals surface area contributed by atoms with Gasteiger partial charge in [0.05, 0.1) is 17.1 Å². The van der Waals surface area contributed by atoms with Crippen LogP contribution in [0, 0.1) is 0 Å². The van der Waals surface area contributed by atoms with Gasteiger partial charge in [-0.05, 0) is 42.0 Å². The van der Waals surface area contributed by atoms with Gasteiger partial charge in [-0.15, -0.1) is 0 Å². The number of hydrogen-bond acceptors (Lipinski definition) is 5. The van der Waals surface area contributed by atoms with Gasteiger partial charge in [-0.25, -0.2) is 13.1 Å². The maximum Gasteiger partial charge on any atom is 0.258 e. The van der Waals surface area contributed by atoms with Gasteiger partial charge in [-0.3, -0.25) is 9.78 Å². The Labute approximate surface area is 169 Å². The molecule has 0 radical (unpaired) electrons. The summed E-state index contributed by atoms with van der Waals surface area (Å²) in [6.45, 7) is 0.344. The minimum atomic E-state index is -3.64. The Balaban J connectivity index is 1.48. The number of carbonyl (C=O) groups is 1. The molecule has 0 unspecified atom stereocenters. The predicted octanol–water partition coefficient (Wildman–Crippen LogP) is 2.26. The highest BCUT2D eigenvalue weighted by molar-refractivity contribution is 7.89.